The summed E-state index contributed by atoms with van der Waals surface area (Å²) in [6, 6.07) is 90.3. The molecule has 0 saturated heterocycles. The molecule has 0 saturated carbocycles. The molecule has 3 heterocycles. The molecule has 0 unspecified atom stereocenters. The van der Waals surface area contributed by atoms with Crippen LogP contribution in [0.15, 0.2) is 249 Å². The molecule has 438 valence electrons. The first kappa shape index (κ1) is 57.6. The minimum absolute atomic E-state index is 0.335. The Kier molecular flexibility index (Phi) is 14.3. The zero-order valence-corrected chi connectivity index (χ0v) is 50.5. The molecule has 15 rings (SSSR count). The average Bonchev–Trinajstić information content (AvgIpc) is 1.58. The van der Waals surface area contributed by atoms with Crippen molar-refractivity contribution in [2.75, 3.05) is 0 Å². The Morgan fingerprint density at radius 2 is 0.583 bits per heavy atom. The monoisotopic (exact) mass is 1220 g/mol. The van der Waals surface area contributed by atoms with Crippen molar-refractivity contribution >= 4 is 60.7 Å². The lowest BCUT2D eigenvalue weighted by Gasteiger charge is -2.18. The van der Waals surface area contributed by atoms with Gasteiger partial charge in [0.1, 0.15) is 0 Å². The molecule has 13 nitrogen and oxygen atoms in total. The number of para-hydroxylation sites is 1. The van der Waals surface area contributed by atoms with E-state index in [-0.39, 0.29) is 0 Å². The summed E-state index contributed by atoms with van der Waals surface area (Å²) in [5, 5.41) is 53.8. The summed E-state index contributed by atoms with van der Waals surface area (Å²) in [5.74, 6) is 1.31. The second-order valence-electron chi connectivity index (χ2n) is 22.9. The molecule has 0 fully saturated rings. The third-order valence-electron chi connectivity index (χ3n) is 17.2. The molecular weight excluding hydrogens is 1180 g/mol. The van der Waals surface area contributed by atoms with Gasteiger partial charge in [0.15, 0.2) is 34.5 Å². The van der Waals surface area contributed by atoms with Crippen molar-refractivity contribution in [2.24, 2.45) is 0 Å². The normalized spacial score (nSPS) is 10.8. The van der Waals surface area contributed by atoms with E-state index in [1.165, 1.54) is 0 Å². The molecule has 0 aliphatic heterocycles. The van der Waals surface area contributed by atoms with Gasteiger partial charge in [-0.05, 0) is 190 Å². The van der Waals surface area contributed by atoms with Gasteiger partial charge in [-0.1, -0.05) is 109 Å². The molecule has 0 amide bonds. The Hall–Kier alpha value is -14.8. The Labute approximate surface area is 550 Å². The van der Waals surface area contributed by atoms with Crippen LogP contribution in [-0.4, -0.2) is 24.1 Å². The smallest absolute Gasteiger partial charge is 0.189 e. The molecule has 0 N–H and O–H groups in total. The first-order chi connectivity index (χ1) is 47.1. The molecule has 0 atom stereocenters. The third-order valence-corrected chi connectivity index (χ3v) is 17.2. The molecule has 13 heteroatoms. The van der Waals surface area contributed by atoms with Crippen LogP contribution in [0.4, 0.5) is 17.1 Å². The van der Waals surface area contributed by atoms with Gasteiger partial charge < -0.3 is 9.13 Å². The second-order valence-corrected chi connectivity index (χ2v) is 22.9. The predicted octanol–water partition coefficient (Wildman–Crippen LogP) is 20.4. The van der Waals surface area contributed by atoms with Crippen molar-refractivity contribution in [1.82, 2.24) is 24.1 Å². The first-order valence-corrected chi connectivity index (χ1v) is 30.2. The van der Waals surface area contributed by atoms with E-state index in [0.29, 0.717) is 90.2 Å². The lowest BCUT2D eigenvalue weighted by atomic mass is 9.97. The van der Waals surface area contributed by atoms with Crippen LogP contribution in [0.25, 0.3) is 159 Å². The van der Waals surface area contributed by atoms with E-state index >= 15 is 0 Å². The summed E-state index contributed by atoms with van der Waals surface area (Å²) in [7, 11) is 0. The van der Waals surface area contributed by atoms with Crippen LogP contribution in [0, 0.1) is 76.4 Å². The highest BCUT2D eigenvalue weighted by Crippen LogP contribution is 2.45. The molecule has 15 aromatic rings. The third kappa shape index (κ3) is 10.3. The molecule has 3 aromatic heterocycles. The number of aromatic nitrogens is 5. The predicted molar refractivity (Wildman–Crippen MR) is 374 cm³/mol. The van der Waals surface area contributed by atoms with Gasteiger partial charge in [-0.25, -0.2) is 29.5 Å². The summed E-state index contributed by atoms with van der Waals surface area (Å²) >= 11 is 0. The maximum absolute atomic E-state index is 10.1. The maximum atomic E-state index is 10.1. The Balaban J connectivity index is 1.00. The quantitative estimate of drug-likeness (QED) is 0.121. The fourth-order valence-electron chi connectivity index (χ4n) is 12.8. The molecule has 0 aliphatic carbocycles. The SMILES string of the molecule is [C-]#[N+]c1cc(C#N)cc(-c2ccc3c(c2)c2cc(-c4cc(C#N)cc(C#N)c4)ccc2n3-c2ccccc2-c2ccc(-n3c4ccc(-c5cc(C#N)cc([N+]#[C-])c5)cc4c4cc(-c5cc(C#N)cc([N+]#[C-])c5)ccc43)c(-c3nc(-c4ccccc4)nc(-c4ccccc4)n3)c2)c1. The number of hydrogen-bond acceptors (Lipinski definition) is 8. The minimum Gasteiger partial charge on any atom is -0.309 e. The van der Waals surface area contributed by atoms with Crippen LogP contribution < -0.4 is 0 Å². The first-order valence-electron chi connectivity index (χ1n) is 30.2. The van der Waals surface area contributed by atoms with Crippen LogP contribution in [0.1, 0.15) is 27.8 Å². The van der Waals surface area contributed by atoms with E-state index in [1.54, 1.807) is 72.8 Å². The lowest BCUT2D eigenvalue weighted by Crippen LogP contribution is -2.04. The van der Waals surface area contributed by atoms with Gasteiger partial charge >= 0.3 is 0 Å². The zero-order valence-electron chi connectivity index (χ0n) is 50.5. The topological polar surface area (TPSA) is 181 Å². The van der Waals surface area contributed by atoms with E-state index in [4.69, 9.17) is 34.7 Å². The summed E-state index contributed by atoms with van der Waals surface area (Å²) in [5.41, 5.74) is 17.6. The van der Waals surface area contributed by atoms with Gasteiger partial charge in [-0.2, -0.15) is 26.3 Å². The molecular formula is C83H41N13. The van der Waals surface area contributed by atoms with Crippen molar-refractivity contribution < 1.29 is 0 Å². The van der Waals surface area contributed by atoms with Gasteiger partial charge in [-0.3, -0.25) is 0 Å². The fourth-order valence-corrected chi connectivity index (χ4v) is 12.8. The summed E-state index contributed by atoms with van der Waals surface area (Å²) in [4.78, 5) is 27.0. The van der Waals surface area contributed by atoms with E-state index in [0.717, 1.165) is 99.5 Å². The Bertz CT molecular complexity index is 5740. The summed E-state index contributed by atoms with van der Waals surface area (Å²) in [6.07, 6.45) is 0. The molecule has 0 bridgehead atoms. The largest absolute Gasteiger partial charge is 0.309 e. The number of rotatable bonds is 10. The van der Waals surface area contributed by atoms with E-state index in [9.17, 15) is 26.3 Å². The van der Waals surface area contributed by atoms with Crippen molar-refractivity contribution in [3.63, 3.8) is 0 Å². The highest BCUT2D eigenvalue weighted by molar-refractivity contribution is 6.14. The Morgan fingerprint density at radius 3 is 0.958 bits per heavy atom. The number of benzene rings is 12. The van der Waals surface area contributed by atoms with Gasteiger partial charge in [0.2, 0.25) is 0 Å². The molecule has 96 heavy (non-hydrogen) atoms. The van der Waals surface area contributed by atoms with Crippen molar-refractivity contribution in [3.8, 4) is 132 Å². The van der Waals surface area contributed by atoms with Gasteiger partial charge in [0, 0.05) is 60.5 Å². The summed E-state index contributed by atoms with van der Waals surface area (Å²) < 4.78 is 4.43. The fraction of sp³-hybridized carbons (Fsp3) is 0. The summed E-state index contributed by atoms with van der Waals surface area (Å²) in [6.45, 7) is 23.7. The number of nitrogens with zero attached hydrogens (tertiary/aromatic N) is 13. The van der Waals surface area contributed by atoms with Crippen LogP contribution >= 0.6 is 0 Å². The minimum atomic E-state index is 0.335. The molecule has 0 aliphatic rings. The average molecular weight is 1220 g/mol. The van der Waals surface area contributed by atoms with Crippen LogP contribution in [0.5, 0.6) is 0 Å². The van der Waals surface area contributed by atoms with Gasteiger partial charge in [0.25, 0.3) is 0 Å². The van der Waals surface area contributed by atoms with Gasteiger partial charge in [-0.15, -0.1) is 0 Å². The Morgan fingerprint density at radius 1 is 0.260 bits per heavy atom. The van der Waals surface area contributed by atoms with Crippen LogP contribution in [0.3, 0.4) is 0 Å². The van der Waals surface area contributed by atoms with Crippen molar-refractivity contribution in [1.29, 1.82) is 26.3 Å². The van der Waals surface area contributed by atoms with E-state index in [2.05, 4.69) is 121 Å². The zero-order chi connectivity index (χ0) is 65.6. The van der Waals surface area contributed by atoms with Crippen LogP contribution in [-0.2, 0) is 0 Å². The van der Waals surface area contributed by atoms with Crippen molar-refractivity contribution in [2.45, 2.75) is 0 Å². The maximum Gasteiger partial charge on any atom is 0.189 e. The van der Waals surface area contributed by atoms with Gasteiger partial charge in [0.05, 0.1) is 94.6 Å². The lowest BCUT2D eigenvalue weighted by molar-refractivity contribution is 1.06. The van der Waals surface area contributed by atoms with E-state index in [1.807, 2.05) is 109 Å². The highest BCUT2D eigenvalue weighted by atomic mass is 15.1. The number of hydrogen-bond donors (Lipinski definition) is 0. The second kappa shape index (κ2) is 23.8. The standard InChI is InChI=1S/C83H41N13/c1-89-66-34-52(47-86)31-63(37-66)58-19-24-77-71(41-58)70-40-57(62-29-50(45-84)28-51(30-62)46-85)18-23-76(70)95(77)75-17-11-10-16-69(75)61-22-27-80(74(44-61)83-93-81(55-12-6-4-7-13-55)92-82(94-83)56-14-8-5-9-15-56)96-78-25-20-59(64-32-53(48-87)35-67(38-64)90-2)42-72(78)73-43-60(21-26-79(73)96)65-33-54(49-88)36-68(39-65)91-3/h4-44H. The van der Waals surface area contributed by atoms with Crippen molar-refractivity contribution in [3.05, 3.63) is 311 Å². The number of nitriles is 5. The number of fused-ring (bicyclic) bond motifs is 6. The molecule has 12 aromatic carbocycles. The molecule has 0 spiro atoms. The highest BCUT2D eigenvalue weighted by Gasteiger charge is 2.25. The van der Waals surface area contributed by atoms with E-state index < -0.39 is 0 Å². The van der Waals surface area contributed by atoms with Crippen LogP contribution in [0.2, 0.25) is 0 Å². The molecule has 0 radical (unpaired) electrons.